The van der Waals surface area contributed by atoms with Gasteiger partial charge in [-0.3, -0.25) is 4.79 Å². The molecule has 0 aliphatic carbocycles. The molecular weight excluding hydrogens is 437 g/mol. The van der Waals surface area contributed by atoms with Crippen LogP contribution in [0.15, 0.2) is 59.4 Å². The quantitative estimate of drug-likeness (QED) is 0.430. The van der Waals surface area contributed by atoms with Gasteiger partial charge in [0.05, 0.1) is 17.7 Å². The second-order valence-electron chi connectivity index (χ2n) is 8.17. The number of amides is 1. The number of nitrogens with one attached hydrogen (secondary N) is 1. The van der Waals surface area contributed by atoms with Crippen molar-refractivity contribution in [2.75, 3.05) is 11.9 Å². The molecule has 8 heteroatoms. The molecule has 0 radical (unpaired) electrons. The maximum atomic E-state index is 13.5. The Labute approximate surface area is 195 Å². The van der Waals surface area contributed by atoms with Gasteiger partial charge in [-0.15, -0.1) is 11.3 Å². The van der Waals surface area contributed by atoms with Crippen LogP contribution in [0, 0.1) is 12.7 Å². The van der Waals surface area contributed by atoms with Crippen LogP contribution in [0.5, 0.6) is 0 Å². The van der Waals surface area contributed by atoms with E-state index in [4.69, 9.17) is 4.98 Å². The van der Waals surface area contributed by atoms with Gasteiger partial charge in [-0.25, -0.2) is 14.4 Å². The maximum Gasteiger partial charge on any atom is 0.223 e. The molecule has 0 saturated heterocycles. The zero-order chi connectivity index (χ0) is 22.8. The first kappa shape index (κ1) is 21.3. The first-order valence-electron chi connectivity index (χ1n) is 10.9. The van der Waals surface area contributed by atoms with E-state index in [0.717, 1.165) is 34.3 Å². The van der Waals surface area contributed by atoms with Crippen molar-refractivity contribution in [1.82, 2.24) is 19.4 Å². The molecule has 1 amide bonds. The van der Waals surface area contributed by atoms with Gasteiger partial charge in [0.2, 0.25) is 5.91 Å². The Balaban J connectivity index is 1.42. The largest absolute Gasteiger partial charge is 0.340 e. The van der Waals surface area contributed by atoms with Gasteiger partial charge in [0.1, 0.15) is 23.2 Å². The van der Waals surface area contributed by atoms with E-state index in [2.05, 4.69) is 33.9 Å². The zero-order valence-electron chi connectivity index (χ0n) is 18.3. The summed E-state index contributed by atoms with van der Waals surface area (Å²) in [6.45, 7) is 3.75. The molecule has 1 aliphatic heterocycles. The molecule has 2 aromatic heterocycles. The SMILES string of the molecule is Cc1ccc(Nc2c(-c3ccc(F)cc3)nc3n2CCN(C(=O)CCc2cscn2)C3)cc1. The fourth-order valence-electron chi connectivity index (χ4n) is 4.01. The summed E-state index contributed by atoms with van der Waals surface area (Å²) in [7, 11) is 0. The number of thiazole rings is 1. The number of carbonyl (C=O) groups excluding carboxylic acids is 1. The Morgan fingerprint density at radius 3 is 2.64 bits per heavy atom. The molecule has 6 nitrogen and oxygen atoms in total. The van der Waals surface area contributed by atoms with Crippen LogP contribution in [0.3, 0.4) is 0 Å². The van der Waals surface area contributed by atoms with Crippen LogP contribution in [-0.2, 0) is 24.3 Å². The first-order valence-corrected chi connectivity index (χ1v) is 11.8. The molecule has 0 atom stereocenters. The lowest BCUT2D eigenvalue weighted by atomic mass is 10.1. The number of fused-ring (bicyclic) bond motifs is 1. The molecule has 1 aliphatic rings. The maximum absolute atomic E-state index is 13.5. The smallest absolute Gasteiger partial charge is 0.223 e. The molecule has 0 spiro atoms. The van der Waals surface area contributed by atoms with Gasteiger partial charge in [-0.2, -0.15) is 0 Å². The lowest BCUT2D eigenvalue weighted by molar-refractivity contribution is -0.132. The van der Waals surface area contributed by atoms with Gasteiger partial charge < -0.3 is 14.8 Å². The van der Waals surface area contributed by atoms with Gasteiger partial charge in [0, 0.05) is 36.1 Å². The number of rotatable bonds is 6. The van der Waals surface area contributed by atoms with Crippen LogP contribution in [0.4, 0.5) is 15.9 Å². The van der Waals surface area contributed by atoms with Gasteiger partial charge >= 0.3 is 0 Å². The fraction of sp³-hybridized carbons (Fsp3) is 0.240. The minimum Gasteiger partial charge on any atom is -0.340 e. The molecule has 0 bridgehead atoms. The second kappa shape index (κ2) is 9.15. The number of halogens is 1. The van der Waals surface area contributed by atoms with Crippen LogP contribution < -0.4 is 5.32 Å². The van der Waals surface area contributed by atoms with Gasteiger partial charge in [-0.05, 0) is 49.7 Å². The van der Waals surface area contributed by atoms with Crippen LogP contribution >= 0.6 is 11.3 Å². The molecule has 4 aromatic rings. The van der Waals surface area contributed by atoms with Gasteiger partial charge in [0.15, 0.2) is 0 Å². The number of benzene rings is 2. The molecule has 2 aromatic carbocycles. The molecule has 168 valence electrons. The summed E-state index contributed by atoms with van der Waals surface area (Å²) in [5.74, 6) is 1.49. The third kappa shape index (κ3) is 4.66. The number of hydrogen-bond donors (Lipinski definition) is 1. The predicted octanol–water partition coefficient (Wildman–Crippen LogP) is 5.17. The molecule has 0 unspecified atom stereocenters. The van der Waals surface area contributed by atoms with E-state index in [9.17, 15) is 9.18 Å². The summed E-state index contributed by atoms with van der Waals surface area (Å²) in [4.78, 5) is 23.8. The van der Waals surface area contributed by atoms with Crippen molar-refractivity contribution in [3.63, 3.8) is 0 Å². The average molecular weight is 462 g/mol. The lowest BCUT2D eigenvalue weighted by Gasteiger charge is -2.28. The first-order chi connectivity index (χ1) is 16.1. The van der Waals surface area contributed by atoms with Gasteiger partial charge in [-0.1, -0.05) is 17.7 Å². The van der Waals surface area contributed by atoms with Crippen molar-refractivity contribution in [3.8, 4) is 11.3 Å². The Hall–Kier alpha value is -3.52. The monoisotopic (exact) mass is 461 g/mol. The van der Waals surface area contributed by atoms with Crippen molar-refractivity contribution in [3.05, 3.63) is 82.3 Å². The zero-order valence-corrected chi connectivity index (χ0v) is 19.1. The normalized spacial score (nSPS) is 13.1. The molecular formula is C25H24FN5OS. The summed E-state index contributed by atoms with van der Waals surface area (Å²) in [5, 5.41) is 5.49. The highest BCUT2D eigenvalue weighted by Crippen LogP contribution is 2.33. The molecule has 3 heterocycles. The molecule has 0 fully saturated rings. The van der Waals surface area contributed by atoms with E-state index in [0.29, 0.717) is 32.5 Å². The predicted molar refractivity (Wildman–Crippen MR) is 128 cm³/mol. The Morgan fingerprint density at radius 2 is 1.91 bits per heavy atom. The third-order valence-corrected chi connectivity index (χ3v) is 6.47. The number of aryl methyl sites for hydroxylation is 2. The fourth-order valence-corrected chi connectivity index (χ4v) is 4.60. The summed E-state index contributed by atoms with van der Waals surface area (Å²) in [5.41, 5.74) is 6.46. The average Bonchev–Trinajstić information content (AvgIpc) is 3.47. The van der Waals surface area contributed by atoms with E-state index >= 15 is 0 Å². The van der Waals surface area contributed by atoms with Crippen LogP contribution in [0.1, 0.15) is 23.5 Å². The Morgan fingerprint density at radius 1 is 1.12 bits per heavy atom. The molecule has 1 N–H and O–H groups in total. The second-order valence-corrected chi connectivity index (χ2v) is 8.89. The molecule has 33 heavy (non-hydrogen) atoms. The molecule has 5 rings (SSSR count). The third-order valence-electron chi connectivity index (χ3n) is 5.84. The minimum absolute atomic E-state index is 0.105. The Kier molecular flexibility index (Phi) is 5.92. The topological polar surface area (TPSA) is 63.1 Å². The Bertz CT molecular complexity index is 1250. The van der Waals surface area contributed by atoms with Crippen molar-refractivity contribution in [1.29, 1.82) is 0 Å². The van der Waals surface area contributed by atoms with Gasteiger partial charge in [0.25, 0.3) is 0 Å². The van der Waals surface area contributed by atoms with Crippen molar-refractivity contribution >= 4 is 28.7 Å². The van der Waals surface area contributed by atoms with E-state index in [1.54, 1.807) is 29.0 Å². The number of carbonyl (C=O) groups is 1. The van der Waals surface area contributed by atoms with Crippen molar-refractivity contribution < 1.29 is 9.18 Å². The highest BCUT2D eigenvalue weighted by Gasteiger charge is 2.27. The van der Waals surface area contributed by atoms with Crippen molar-refractivity contribution in [2.45, 2.75) is 32.9 Å². The number of nitrogens with zero attached hydrogens (tertiary/aromatic N) is 4. The lowest BCUT2D eigenvalue weighted by Crippen LogP contribution is -2.38. The summed E-state index contributed by atoms with van der Waals surface area (Å²) in [6, 6.07) is 14.5. The van der Waals surface area contributed by atoms with Crippen LogP contribution in [0.2, 0.25) is 0 Å². The van der Waals surface area contributed by atoms with Crippen LogP contribution in [-0.4, -0.2) is 31.9 Å². The van der Waals surface area contributed by atoms with Crippen LogP contribution in [0.25, 0.3) is 11.3 Å². The standard InChI is InChI=1S/C25H24FN5OS/c1-17-2-8-20(9-3-17)28-25-24(18-4-6-19(26)7-5-18)29-22-14-30(12-13-31(22)25)23(32)11-10-21-15-33-16-27-21/h2-9,15-16,28H,10-14H2,1H3. The summed E-state index contributed by atoms with van der Waals surface area (Å²) >= 11 is 1.54. The van der Waals surface area contributed by atoms with E-state index in [1.807, 2.05) is 22.4 Å². The summed E-state index contributed by atoms with van der Waals surface area (Å²) in [6.07, 6.45) is 1.08. The number of imidazole rings is 1. The van der Waals surface area contributed by atoms with E-state index in [1.165, 1.54) is 17.7 Å². The number of hydrogen-bond acceptors (Lipinski definition) is 5. The van der Waals surface area contributed by atoms with E-state index in [-0.39, 0.29) is 11.7 Å². The number of anilines is 2. The van der Waals surface area contributed by atoms with Crippen molar-refractivity contribution in [2.24, 2.45) is 0 Å². The highest BCUT2D eigenvalue weighted by atomic mass is 32.1. The van der Waals surface area contributed by atoms with E-state index < -0.39 is 0 Å². The minimum atomic E-state index is -0.285. The summed E-state index contributed by atoms with van der Waals surface area (Å²) < 4.78 is 15.7. The number of aromatic nitrogens is 3. The highest BCUT2D eigenvalue weighted by molar-refractivity contribution is 7.07. The molecule has 0 saturated carbocycles.